The Bertz CT molecular complexity index is 854. The van der Waals surface area contributed by atoms with E-state index in [4.69, 9.17) is 4.74 Å². The smallest absolute Gasteiger partial charge is 0.356 e. The third kappa shape index (κ3) is 4.94. The van der Waals surface area contributed by atoms with Crippen LogP contribution in [0.4, 0.5) is 5.69 Å². The Morgan fingerprint density at radius 2 is 2.00 bits per heavy atom. The van der Waals surface area contributed by atoms with Crippen molar-refractivity contribution in [2.75, 3.05) is 31.6 Å². The number of carbonyl (C=O) groups is 2. The highest BCUT2D eigenvalue weighted by Crippen LogP contribution is 2.31. The molecule has 0 bridgehead atoms. The van der Waals surface area contributed by atoms with Crippen molar-refractivity contribution in [3.63, 3.8) is 0 Å². The van der Waals surface area contributed by atoms with Crippen LogP contribution in [0.3, 0.4) is 0 Å². The molecule has 6 nitrogen and oxygen atoms in total. The summed E-state index contributed by atoms with van der Waals surface area (Å²) in [6, 6.07) is 5.66. The van der Waals surface area contributed by atoms with E-state index in [0.29, 0.717) is 23.9 Å². The number of aromatic amines is 1. The zero-order valence-electron chi connectivity index (χ0n) is 16.7. The van der Waals surface area contributed by atoms with Gasteiger partial charge in [-0.25, -0.2) is 4.79 Å². The molecule has 1 aromatic carbocycles. The molecular weight excluding hydrogens is 422 g/mol. The number of quaternary nitrogens is 1. The fraction of sp³-hybridized carbons (Fsp3) is 0.524. The van der Waals surface area contributed by atoms with Crippen molar-refractivity contribution in [3.8, 4) is 0 Å². The van der Waals surface area contributed by atoms with Crippen LogP contribution in [0.25, 0.3) is 10.9 Å². The topological polar surface area (TPSA) is 75.6 Å². The first-order chi connectivity index (χ1) is 13.4. The van der Waals surface area contributed by atoms with Gasteiger partial charge in [0.25, 0.3) is 0 Å². The van der Waals surface area contributed by atoms with Gasteiger partial charge in [-0.2, -0.15) is 0 Å². The predicted molar refractivity (Wildman–Crippen MR) is 114 cm³/mol. The van der Waals surface area contributed by atoms with Crippen LogP contribution in [0, 0.1) is 11.8 Å². The molecule has 1 aromatic heterocycles. The average Bonchev–Trinajstić information content (AvgIpc) is 2.97. The highest BCUT2D eigenvalue weighted by atomic mass is 79.9. The Kier molecular flexibility index (Phi) is 6.78. The minimum atomic E-state index is -0.463. The molecule has 7 heteroatoms. The number of halogens is 1. The number of amides is 1. The third-order valence-corrected chi connectivity index (χ3v) is 5.78. The standard InChI is InChI=1S/C21H28BrN3O3/c1-4-28-21(27)20-19(16-10-15(22)5-6-17(16)23-20)24-18(26)7-8-25-11-13(2)9-14(3)12-25/h5-6,10,13-14,23H,4,7-9,11-12H2,1-3H3,(H,24,26)/p+1/t13-,14-/m1/s1. The number of benzene rings is 1. The molecule has 1 saturated heterocycles. The number of H-pyrrole nitrogens is 1. The van der Waals surface area contributed by atoms with Crippen LogP contribution in [-0.4, -0.2) is 43.1 Å². The Morgan fingerprint density at radius 1 is 1.29 bits per heavy atom. The number of nitrogens with one attached hydrogen (secondary N) is 3. The van der Waals surface area contributed by atoms with E-state index in [1.165, 1.54) is 11.3 Å². The van der Waals surface area contributed by atoms with Gasteiger partial charge in [-0.15, -0.1) is 0 Å². The molecule has 0 saturated carbocycles. The molecule has 152 valence electrons. The first kappa shape index (κ1) is 20.9. The highest BCUT2D eigenvalue weighted by molar-refractivity contribution is 9.10. The van der Waals surface area contributed by atoms with Crippen LogP contribution in [0.15, 0.2) is 22.7 Å². The summed E-state index contributed by atoms with van der Waals surface area (Å²) in [6.07, 6.45) is 1.69. The number of piperidine rings is 1. The molecule has 2 heterocycles. The Balaban J connectivity index is 1.74. The number of rotatable bonds is 6. The lowest BCUT2D eigenvalue weighted by Gasteiger charge is -2.31. The molecule has 3 N–H and O–H groups in total. The van der Waals surface area contributed by atoms with Crippen molar-refractivity contribution in [2.45, 2.75) is 33.6 Å². The van der Waals surface area contributed by atoms with Gasteiger partial charge >= 0.3 is 5.97 Å². The van der Waals surface area contributed by atoms with Crippen molar-refractivity contribution >= 4 is 44.4 Å². The monoisotopic (exact) mass is 450 g/mol. The molecule has 1 fully saturated rings. The lowest BCUT2D eigenvalue weighted by molar-refractivity contribution is -0.911. The summed E-state index contributed by atoms with van der Waals surface area (Å²) in [7, 11) is 0. The summed E-state index contributed by atoms with van der Waals surface area (Å²) < 4.78 is 6.03. The molecule has 1 aliphatic rings. The number of aromatic nitrogens is 1. The lowest BCUT2D eigenvalue weighted by atomic mass is 9.92. The number of esters is 1. The van der Waals surface area contributed by atoms with E-state index in [1.54, 1.807) is 6.92 Å². The second-order valence-corrected chi connectivity index (χ2v) is 8.85. The largest absolute Gasteiger partial charge is 0.461 e. The Labute approximate surface area is 174 Å². The maximum absolute atomic E-state index is 12.7. The molecule has 1 amide bonds. The molecule has 0 unspecified atom stereocenters. The molecular formula is C21H29BrN3O3+. The zero-order chi connectivity index (χ0) is 20.3. The Morgan fingerprint density at radius 3 is 2.68 bits per heavy atom. The highest BCUT2D eigenvalue weighted by Gasteiger charge is 2.26. The maximum atomic E-state index is 12.7. The van der Waals surface area contributed by atoms with E-state index in [9.17, 15) is 9.59 Å². The molecule has 1 aliphatic heterocycles. The van der Waals surface area contributed by atoms with Crippen molar-refractivity contribution in [2.24, 2.45) is 11.8 Å². The van der Waals surface area contributed by atoms with Crippen LogP contribution in [0.2, 0.25) is 0 Å². The number of hydrogen-bond donors (Lipinski definition) is 3. The predicted octanol–water partition coefficient (Wildman–Crippen LogP) is 3.00. The van der Waals surface area contributed by atoms with E-state index >= 15 is 0 Å². The normalized spacial score (nSPS) is 22.2. The summed E-state index contributed by atoms with van der Waals surface area (Å²) >= 11 is 3.46. The quantitative estimate of drug-likeness (QED) is 0.592. The lowest BCUT2D eigenvalue weighted by Crippen LogP contribution is -3.14. The third-order valence-electron chi connectivity index (χ3n) is 5.29. The number of carbonyl (C=O) groups excluding carboxylic acids is 2. The van der Waals surface area contributed by atoms with Crippen molar-refractivity contribution in [1.82, 2.24) is 4.98 Å². The van der Waals surface area contributed by atoms with E-state index in [0.717, 1.165) is 35.0 Å². The number of fused-ring (bicyclic) bond motifs is 1. The minimum absolute atomic E-state index is 0.0789. The van der Waals surface area contributed by atoms with Crippen molar-refractivity contribution in [1.29, 1.82) is 0 Å². The van der Waals surface area contributed by atoms with Crippen LogP contribution < -0.4 is 10.2 Å². The fourth-order valence-corrected chi connectivity index (χ4v) is 4.63. The number of likely N-dealkylation sites (tertiary alicyclic amines) is 1. The molecule has 2 aromatic rings. The Hall–Kier alpha value is -1.86. The maximum Gasteiger partial charge on any atom is 0.356 e. The van der Waals surface area contributed by atoms with Crippen LogP contribution >= 0.6 is 15.9 Å². The van der Waals surface area contributed by atoms with E-state index in [-0.39, 0.29) is 18.2 Å². The van der Waals surface area contributed by atoms with E-state index < -0.39 is 5.97 Å². The summed E-state index contributed by atoms with van der Waals surface area (Å²) in [4.78, 5) is 29.6. The van der Waals surface area contributed by atoms with Gasteiger partial charge in [0.1, 0.15) is 5.69 Å². The zero-order valence-corrected chi connectivity index (χ0v) is 18.3. The first-order valence-electron chi connectivity index (χ1n) is 9.99. The van der Waals surface area contributed by atoms with Crippen LogP contribution in [0.1, 0.15) is 44.1 Å². The minimum Gasteiger partial charge on any atom is -0.461 e. The van der Waals surface area contributed by atoms with Gasteiger partial charge < -0.3 is 19.9 Å². The van der Waals surface area contributed by atoms with Gasteiger partial charge in [0.05, 0.1) is 38.3 Å². The molecule has 2 atom stereocenters. The van der Waals surface area contributed by atoms with Crippen molar-refractivity contribution < 1.29 is 19.2 Å². The van der Waals surface area contributed by atoms with Gasteiger partial charge in [0.2, 0.25) is 5.91 Å². The average molecular weight is 451 g/mol. The van der Waals surface area contributed by atoms with E-state index in [2.05, 4.69) is 40.1 Å². The van der Waals surface area contributed by atoms with Gasteiger partial charge in [-0.05, 0) is 31.5 Å². The molecule has 0 aliphatic carbocycles. The molecule has 0 radical (unpaired) electrons. The van der Waals surface area contributed by atoms with E-state index in [1.807, 2.05) is 18.2 Å². The molecule has 3 rings (SSSR count). The second kappa shape index (κ2) is 9.09. The van der Waals surface area contributed by atoms with Crippen molar-refractivity contribution in [3.05, 3.63) is 28.4 Å². The van der Waals surface area contributed by atoms with Crippen LogP contribution in [0.5, 0.6) is 0 Å². The summed E-state index contributed by atoms with van der Waals surface area (Å²) in [5, 5.41) is 3.75. The van der Waals surface area contributed by atoms with Gasteiger partial charge in [-0.1, -0.05) is 29.8 Å². The summed E-state index contributed by atoms with van der Waals surface area (Å²) in [6.45, 7) is 9.65. The second-order valence-electron chi connectivity index (χ2n) is 7.94. The molecule has 28 heavy (non-hydrogen) atoms. The first-order valence-corrected chi connectivity index (χ1v) is 10.8. The number of hydrogen-bond acceptors (Lipinski definition) is 3. The number of ether oxygens (including phenoxy) is 1. The van der Waals surface area contributed by atoms with Gasteiger partial charge in [0.15, 0.2) is 0 Å². The fourth-order valence-electron chi connectivity index (χ4n) is 4.27. The van der Waals surface area contributed by atoms with Crippen LogP contribution in [-0.2, 0) is 9.53 Å². The SMILES string of the molecule is CCOC(=O)c1[nH]c2ccc(Br)cc2c1NC(=O)CC[NH+]1C[C@H](C)C[C@@H](C)C1. The summed E-state index contributed by atoms with van der Waals surface area (Å²) in [5.41, 5.74) is 1.57. The number of anilines is 1. The molecule has 0 spiro atoms. The van der Waals surface area contributed by atoms with Gasteiger partial charge in [-0.3, -0.25) is 4.79 Å². The van der Waals surface area contributed by atoms with Gasteiger partial charge in [0, 0.05) is 27.2 Å². The summed E-state index contributed by atoms with van der Waals surface area (Å²) in [5.74, 6) is 0.852.